The van der Waals surface area contributed by atoms with Gasteiger partial charge < -0.3 is 14.5 Å². The number of aryl methyl sites for hydroxylation is 1. The van der Waals surface area contributed by atoms with Gasteiger partial charge in [-0.1, -0.05) is 29.5 Å². The maximum atomic E-state index is 12.5. The standard InChI is InChI=1S/C21H23N3O2S2/c1-15-5-3-4-6-18(15)26-14-20(25)23-9-11-24(12-10-23)21-22-17-8-7-16(27-2)13-19(17)28-21/h3-8,13H,9-12,14H2,1-2H3. The van der Waals surface area contributed by atoms with Gasteiger partial charge in [0.2, 0.25) is 0 Å². The lowest BCUT2D eigenvalue weighted by atomic mass is 10.2. The molecule has 1 fully saturated rings. The summed E-state index contributed by atoms with van der Waals surface area (Å²) in [5, 5.41) is 1.04. The van der Waals surface area contributed by atoms with Crippen molar-refractivity contribution in [3.8, 4) is 5.75 Å². The summed E-state index contributed by atoms with van der Waals surface area (Å²) in [4.78, 5) is 22.7. The largest absolute Gasteiger partial charge is 0.484 e. The second-order valence-electron chi connectivity index (χ2n) is 6.75. The number of carbonyl (C=O) groups is 1. The van der Waals surface area contributed by atoms with Crippen molar-refractivity contribution in [2.75, 3.05) is 43.9 Å². The van der Waals surface area contributed by atoms with Crippen LogP contribution in [0.1, 0.15) is 5.56 Å². The van der Waals surface area contributed by atoms with Crippen LogP contribution >= 0.6 is 23.1 Å². The minimum Gasteiger partial charge on any atom is -0.484 e. The molecule has 0 radical (unpaired) electrons. The summed E-state index contributed by atoms with van der Waals surface area (Å²) in [6.07, 6.45) is 2.09. The summed E-state index contributed by atoms with van der Waals surface area (Å²) in [6, 6.07) is 14.2. The first-order valence-electron chi connectivity index (χ1n) is 9.30. The van der Waals surface area contributed by atoms with Crippen LogP contribution in [0.2, 0.25) is 0 Å². The molecule has 0 N–H and O–H groups in total. The van der Waals surface area contributed by atoms with Gasteiger partial charge in [0.1, 0.15) is 5.75 Å². The van der Waals surface area contributed by atoms with Crippen LogP contribution in [-0.4, -0.2) is 54.8 Å². The lowest BCUT2D eigenvalue weighted by molar-refractivity contribution is -0.133. The predicted molar refractivity (Wildman–Crippen MR) is 117 cm³/mol. The molecule has 0 bridgehead atoms. The van der Waals surface area contributed by atoms with Gasteiger partial charge in [0.05, 0.1) is 10.2 Å². The quantitative estimate of drug-likeness (QED) is 0.591. The molecule has 1 aromatic heterocycles. The van der Waals surface area contributed by atoms with E-state index in [1.807, 2.05) is 36.1 Å². The van der Waals surface area contributed by atoms with Crippen LogP contribution in [0, 0.1) is 6.92 Å². The van der Waals surface area contributed by atoms with E-state index in [-0.39, 0.29) is 12.5 Å². The number of anilines is 1. The molecule has 0 atom stereocenters. The van der Waals surface area contributed by atoms with Gasteiger partial charge in [0, 0.05) is 31.1 Å². The topological polar surface area (TPSA) is 45.7 Å². The molecule has 2 heterocycles. The highest BCUT2D eigenvalue weighted by atomic mass is 32.2. The summed E-state index contributed by atoms with van der Waals surface area (Å²) in [7, 11) is 0. The average Bonchev–Trinajstić information content (AvgIpc) is 3.16. The number of hydrogen-bond donors (Lipinski definition) is 0. The predicted octanol–water partition coefficient (Wildman–Crippen LogP) is 4.05. The molecule has 0 saturated carbocycles. The molecule has 1 aliphatic rings. The number of nitrogens with zero attached hydrogens (tertiary/aromatic N) is 3. The summed E-state index contributed by atoms with van der Waals surface area (Å²) < 4.78 is 6.92. The molecule has 1 amide bonds. The van der Waals surface area contributed by atoms with Gasteiger partial charge in [-0.2, -0.15) is 0 Å². The SMILES string of the molecule is CSc1ccc2nc(N3CCN(C(=O)COc4ccccc4C)CC3)sc2c1. The Bertz CT molecular complexity index is 981. The molecule has 146 valence electrons. The van der Waals surface area contributed by atoms with Crippen molar-refractivity contribution in [3.63, 3.8) is 0 Å². The number of thiazole rings is 1. The zero-order valence-corrected chi connectivity index (χ0v) is 17.7. The second-order valence-corrected chi connectivity index (χ2v) is 8.64. The van der Waals surface area contributed by atoms with E-state index in [1.54, 1.807) is 23.1 Å². The smallest absolute Gasteiger partial charge is 0.260 e. The number of thioether (sulfide) groups is 1. The Kier molecular flexibility index (Phi) is 5.73. The van der Waals surface area contributed by atoms with Crippen molar-refractivity contribution in [1.29, 1.82) is 0 Å². The van der Waals surface area contributed by atoms with Gasteiger partial charge in [-0.25, -0.2) is 4.98 Å². The number of aromatic nitrogens is 1. The van der Waals surface area contributed by atoms with Crippen LogP contribution in [0.5, 0.6) is 5.75 Å². The Hall–Kier alpha value is -2.25. The molecular formula is C21H23N3O2S2. The number of ether oxygens (including phenoxy) is 1. The minimum absolute atomic E-state index is 0.0387. The Morgan fingerprint density at radius 3 is 2.71 bits per heavy atom. The minimum atomic E-state index is 0.0387. The number of rotatable bonds is 5. The van der Waals surface area contributed by atoms with E-state index < -0.39 is 0 Å². The van der Waals surface area contributed by atoms with Crippen LogP contribution in [0.3, 0.4) is 0 Å². The van der Waals surface area contributed by atoms with E-state index in [2.05, 4.69) is 29.4 Å². The molecule has 4 rings (SSSR count). The monoisotopic (exact) mass is 413 g/mol. The third-order valence-electron chi connectivity index (χ3n) is 4.93. The van der Waals surface area contributed by atoms with Gasteiger partial charge in [0.25, 0.3) is 5.91 Å². The molecule has 0 aliphatic carbocycles. The van der Waals surface area contributed by atoms with E-state index in [0.29, 0.717) is 13.1 Å². The first-order valence-corrected chi connectivity index (χ1v) is 11.3. The first kappa shape index (κ1) is 19.1. The van der Waals surface area contributed by atoms with Crippen LogP contribution in [-0.2, 0) is 4.79 Å². The lowest BCUT2D eigenvalue weighted by Crippen LogP contribution is -2.50. The van der Waals surface area contributed by atoms with Gasteiger partial charge in [0.15, 0.2) is 11.7 Å². The fraction of sp³-hybridized carbons (Fsp3) is 0.333. The maximum absolute atomic E-state index is 12.5. The van der Waals surface area contributed by atoms with Crippen molar-refractivity contribution in [2.24, 2.45) is 0 Å². The summed E-state index contributed by atoms with van der Waals surface area (Å²) in [6.45, 7) is 5.06. The summed E-state index contributed by atoms with van der Waals surface area (Å²) >= 11 is 3.47. The van der Waals surface area contributed by atoms with E-state index in [9.17, 15) is 4.79 Å². The summed E-state index contributed by atoms with van der Waals surface area (Å²) in [5.74, 6) is 0.811. The highest BCUT2D eigenvalue weighted by molar-refractivity contribution is 7.98. The molecule has 7 heteroatoms. The molecule has 5 nitrogen and oxygen atoms in total. The van der Waals surface area contributed by atoms with Crippen molar-refractivity contribution < 1.29 is 9.53 Å². The van der Waals surface area contributed by atoms with Crippen LogP contribution in [0.25, 0.3) is 10.2 Å². The van der Waals surface area contributed by atoms with Crippen LogP contribution in [0.4, 0.5) is 5.13 Å². The Morgan fingerprint density at radius 2 is 1.96 bits per heavy atom. The number of piperazine rings is 1. The molecule has 3 aromatic rings. The Labute approximate surface area is 173 Å². The van der Waals surface area contributed by atoms with Gasteiger partial charge in [-0.3, -0.25) is 4.79 Å². The van der Waals surface area contributed by atoms with Crippen LogP contribution < -0.4 is 9.64 Å². The zero-order chi connectivity index (χ0) is 19.5. The van der Waals surface area contributed by atoms with E-state index in [0.717, 1.165) is 35.1 Å². The fourth-order valence-corrected chi connectivity index (χ4v) is 4.82. The number of amides is 1. The van der Waals surface area contributed by atoms with E-state index >= 15 is 0 Å². The molecular weight excluding hydrogens is 390 g/mol. The molecule has 2 aromatic carbocycles. The van der Waals surface area contributed by atoms with Crippen molar-refractivity contribution in [3.05, 3.63) is 48.0 Å². The van der Waals surface area contributed by atoms with Crippen molar-refractivity contribution >= 4 is 44.4 Å². The lowest BCUT2D eigenvalue weighted by Gasteiger charge is -2.34. The fourth-order valence-electron chi connectivity index (χ4n) is 3.25. The van der Waals surface area contributed by atoms with Crippen LogP contribution in [0.15, 0.2) is 47.4 Å². The zero-order valence-electron chi connectivity index (χ0n) is 16.1. The number of benzene rings is 2. The molecule has 0 spiro atoms. The van der Waals surface area contributed by atoms with Crippen molar-refractivity contribution in [1.82, 2.24) is 9.88 Å². The molecule has 0 unspecified atom stereocenters. The number of fused-ring (bicyclic) bond motifs is 1. The highest BCUT2D eigenvalue weighted by Gasteiger charge is 2.23. The van der Waals surface area contributed by atoms with Gasteiger partial charge in [-0.05, 0) is 43.0 Å². The number of carbonyl (C=O) groups excluding carboxylic acids is 1. The average molecular weight is 414 g/mol. The Morgan fingerprint density at radius 1 is 1.18 bits per heavy atom. The molecule has 28 heavy (non-hydrogen) atoms. The van der Waals surface area contributed by atoms with Gasteiger partial charge >= 0.3 is 0 Å². The third kappa shape index (κ3) is 4.10. The van der Waals surface area contributed by atoms with E-state index in [4.69, 9.17) is 9.72 Å². The normalized spacial score (nSPS) is 14.5. The summed E-state index contributed by atoms with van der Waals surface area (Å²) in [5.41, 5.74) is 2.09. The maximum Gasteiger partial charge on any atom is 0.260 e. The number of para-hydroxylation sites is 1. The highest BCUT2D eigenvalue weighted by Crippen LogP contribution is 2.32. The van der Waals surface area contributed by atoms with E-state index in [1.165, 1.54) is 9.60 Å². The molecule has 1 aliphatic heterocycles. The number of hydrogen-bond acceptors (Lipinski definition) is 6. The molecule has 1 saturated heterocycles. The van der Waals surface area contributed by atoms with Gasteiger partial charge in [-0.15, -0.1) is 11.8 Å². The third-order valence-corrected chi connectivity index (χ3v) is 6.74. The Balaban J connectivity index is 1.34. The first-order chi connectivity index (χ1) is 13.6. The second kappa shape index (κ2) is 8.41. The van der Waals surface area contributed by atoms with Crippen molar-refractivity contribution in [2.45, 2.75) is 11.8 Å².